The van der Waals surface area contributed by atoms with Crippen molar-refractivity contribution in [2.75, 3.05) is 19.5 Å². The monoisotopic (exact) mass is 492 g/mol. The zero-order valence-corrected chi connectivity index (χ0v) is 18.8. The Balaban J connectivity index is 1.76. The van der Waals surface area contributed by atoms with Gasteiger partial charge in [0.15, 0.2) is 0 Å². The Morgan fingerprint density at radius 1 is 1.00 bits per heavy atom. The van der Waals surface area contributed by atoms with Crippen molar-refractivity contribution in [3.63, 3.8) is 0 Å². The fourth-order valence-corrected chi connectivity index (χ4v) is 3.95. The van der Waals surface area contributed by atoms with Crippen molar-refractivity contribution >= 4 is 39.0 Å². The maximum Gasteiger partial charge on any atom is 0.339 e. The van der Waals surface area contributed by atoms with Crippen molar-refractivity contribution in [2.24, 2.45) is 0 Å². The first-order chi connectivity index (χ1) is 15.6. The molecule has 3 rings (SSSR count). The summed E-state index contributed by atoms with van der Waals surface area (Å²) < 4.78 is 40.2. The molecule has 0 fully saturated rings. The fraction of sp³-hybridized carbons (Fsp3) is 0.0952. The number of nitro groups is 1. The van der Waals surface area contributed by atoms with E-state index in [0.29, 0.717) is 17.2 Å². The third kappa shape index (κ3) is 5.51. The largest absolute Gasteiger partial charge is 0.495 e. The summed E-state index contributed by atoms with van der Waals surface area (Å²) >= 11 is 6.11. The molecule has 33 heavy (non-hydrogen) atoms. The number of nitro benzene ring substituents is 1. The standard InChI is InChI=1S/C21H17ClN2O8S/c1-30-19-12-20(31-2)18(11-17(19)22)23-21(25)13-6-8-15(9-7-13)32-33(28,29)16-5-3-4-14(10-16)24(26)27/h3-12H,1-2H3,(H,23,25). The summed E-state index contributed by atoms with van der Waals surface area (Å²) in [6.45, 7) is 0. The summed E-state index contributed by atoms with van der Waals surface area (Å²) in [6.07, 6.45) is 0. The number of anilines is 1. The average molecular weight is 493 g/mol. The van der Waals surface area contributed by atoms with E-state index in [1.54, 1.807) is 0 Å². The average Bonchev–Trinajstić information content (AvgIpc) is 2.79. The van der Waals surface area contributed by atoms with Crippen LogP contribution in [0.2, 0.25) is 5.02 Å². The van der Waals surface area contributed by atoms with Crippen LogP contribution in [0.25, 0.3) is 0 Å². The molecule has 0 heterocycles. The lowest BCUT2D eigenvalue weighted by Crippen LogP contribution is -2.13. The number of methoxy groups -OCH3 is 2. The van der Waals surface area contributed by atoms with Gasteiger partial charge in [-0.1, -0.05) is 17.7 Å². The topological polar surface area (TPSA) is 134 Å². The summed E-state index contributed by atoms with van der Waals surface area (Å²) in [7, 11) is -1.45. The van der Waals surface area contributed by atoms with Crippen molar-refractivity contribution in [2.45, 2.75) is 4.90 Å². The molecule has 172 valence electrons. The predicted octanol–water partition coefficient (Wildman–Crippen LogP) is 4.29. The summed E-state index contributed by atoms with van der Waals surface area (Å²) in [4.78, 5) is 22.4. The molecule has 0 unspecified atom stereocenters. The number of carbonyl (C=O) groups is 1. The molecule has 0 spiro atoms. The smallest absolute Gasteiger partial charge is 0.339 e. The minimum absolute atomic E-state index is 0.0804. The van der Waals surface area contributed by atoms with E-state index < -0.39 is 20.9 Å². The van der Waals surface area contributed by atoms with E-state index in [9.17, 15) is 23.3 Å². The number of rotatable bonds is 8. The molecule has 0 aromatic heterocycles. The lowest BCUT2D eigenvalue weighted by Gasteiger charge is -2.13. The number of halogens is 1. The Morgan fingerprint density at radius 3 is 2.27 bits per heavy atom. The first-order valence-corrected chi connectivity index (χ1v) is 10.9. The van der Waals surface area contributed by atoms with Gasteiger partial charge in [0, 0.05) is 23.8 Å². The van der Waals surface area contributed by atoms with Gasteiger partial charge in [-0.3, -0.25) is 14.9 Å². The Hall–Kier alpha value is -3.83. The minimum Gasteiger partial charge on any atom is -0.495 e. The van der Waals surface area contributed by atoms with Gasteiger partial charge in [-0.2, -0.15) is 8.42 Å². The van der Waals surface area contributed by atoms with Gasteiger partial charge in [0.2, 0.25) is 0 Å². The van der Waals surface area contributed by atoms with Gasteiger partial charge in [-0.05, 0) is 36.4 Å². The molecule has 3 aromatic rings. The maximum absolute atomic E-state index is 12.6. The van der Waals surface area contributed by atoms with Crippen LogP contribution >= 0.6 is 11.6 Å². The second kappa shape index (κ2) is 9.76. The number of benzene rings is 3. The quantitative estimate of drug-likeness (QED) is 0.279. The molecule has 0 atom stereocenters. The van der Waals surface area contributed by atoms with Crippen LogP contribution in [0.4, 0.5) is 11.4 Å². The molecule has 1 amide bonds. The van der Waals surface area contributed by atoms with Crippen molar-refractivity contribution < 1.29 is 31.8 Å². The van der Waals surface area contributed by atoms with E-state index in [-0.39, 0.29) is 26.9 Å². The zero-order chi connectivity index (χ0) is 24.2. The van der Waals surface area contributed by atoms with Crippen molar-refractivity contribution in [1.82, 2.24) is 0 Å². The van der Waals surface area contributed by atoms with Gasteiger partial charge in [0.25, 0.3) is 11.6 Å². The van der Waals surface area contributed by atoms with Crippen LogP contribution in [0.15, 0.2) is 65.6 Å². The van der Waals surface area contributed by atoms with Crippen LogP contribution in [0.5, 0.6) is 17.2 Å². The molecule has 0 radical (unpaired) electrons. The molecular weight excluding hydrogens is 476 g/mol. The van der Waals surface area contributed by atoms with Crippen LogP contribution in [0.3, 0.4) is 0 Å². The van der Waals surface area contributed by atoms with E-state index in [0.717, 1.165) is 12.1 Å². The lowest BCUT2D eigenvalue weighted by molar-refractivity contribution is -0.385. The maximum atomic E-state index is 12.6. The van der Waals surface area contributed by atoms with E-state index in [1.807, 2.05) is 0 Å². The van der Waals surface area contributed by atoms with Crippen LogP contribution in [-0.2, 0) is 10.1 Å². The highest BCUT2D eigenvalue weighted by molar-refractivity contribution is 7.87. The van der Waals surface area contributed by atoms with Crippen molar-refractivity contribution in [1.29, 1.82) is 0 Å². The number of ether oxygens (including phenoxy) is 2. The number of hydrogen-bond acceptors (Lipinski definition) is 8. The van der Waals surface area contributed by atoms with Gasteiger partial charge in [-0.15, -0.1) is 0 Å². The first-order valence-electron chi connectivity index (χ1n) is 9.16. The van der Waals surface area contributed by atoms with E-state index >= 15 is 0 Å². The SMILES string of the molecule is COc1cc(OC)c(NC(=O)c2ccc(OS(=O)(=O)c3cccc([N+](=O)[O-])c3)cc2)cc1Cl. The fourth-order valence-electron chi connectivity index (χ4n) is 2.74. The summed E-state index contributed by atoms with van der Waals surface area (Å²) in [6, 6.07) is 12.7. The molecule has 0 aliphatic carbocycles. The summed E-state index contributed by atoms with van der Waals surface area (Å²) in [5.41, 5.74) is 0.117. The number of carbonyl (C=O) groups excluding carboxylic acids is 1. The zero-order valence-electron chi connectivity index (χ0n) is 17.3. The number of nitrogens with zero attached hydrogens (tertiary/aromatic N) is 1. The molecule has 0 aliphatic rings. The third-order valence-corrected chi connectivity index (χ3v) is 5.90. The molecule has 0 saturated heterocycles. The number of amides is 1. The highest BCUT2D eigenvalue weighted by atomic mass is 35.5. The molecule has 10 nitrogen and oxygen atoms in total. The molecule has 0 bridgehead atoms. The highest BCUT2D eigenvalue weighted by Crippen LogP contribution is 2.36. The van der Waals surface area contributed by atoms with E-state index in [2.05, 4.69) is 5.32 Å². The minimum atomic E-state index is -4.32. The van der Waals surface area contributed by atoms with Crippen LogP contribution < -0.4 is 19.0 Å². The predicted molar refractivity (Wildman–Crippen MR) is 120 cm³/mol. The Labute approximate surface area is 193 Å². The molecular formula is C21H17ClN2O8S. The molecule has 12 heteroatoms. The summed E-state index contributed by atoms with van der Waals surface area (Å²) in [5.74, 6) is 0.108. The molecule has 1 N–H and O–H groups in total. The van der Waals surface area contributed by atoms with Gasteiger partial charge in [-0.25, -0.2) is 0 Å². The van der Waals surface area contributed by atoms with Crippen molar-refractivity contribution in [3.8, 4) is 17.2 Å². The Morgan fingerprint density at radius 2 is 1.67 bits per heavy atom. The first kappa shape index (κ1) is 23.8. The molecule has 0 saturated carbocycles. The third-order valence-electron chi connectivity index (χ3n) is 4.36. The number of hydrogen-bond donors (Lipinski definition) is 1. The van der Waals surface area contributed by atoms with Gasteiger partial charge < -0.3 is 19.0 Å². The van der Waals surface area contributed by atoms with E-state index in [1.165, 1.54) is 62.8 Å². The molecule has 0 aliphatic heterocycles. The second-order valence-electron chi connectivity index (χ2n) is 6.46. The van der Waals surface area contributed by atoms with E-state index in [4.69, 9.17) is 25.3 Å². The molecule has 3 aromatic carbocycles. The number of nitrogens with one attached hydrogen (secondary N) is 1. The second-order valence-corrected chi connectivity index (χ2v) is 8.41. The number of non-ortho nitro benzene ring substituents is 1. The van der Waals surface area contributed by atoms with Crippen LogP contribution in [0.1, 0.15) is 10.4 Å². The van der Waals surface area contributed by atoms with Gasteiger partial charge >= 0.3 is 10.1 Å². The lowest BCUT2D eigenvalue weighted by atomic mass is 10.2. The van der Waals surface area contributed by atoms with Crippen LogP contribution in [0, 0.1) is 10.1 Å². The normalized spacial score (nSPS) is 10.9. The van der Waals surface area contributed by atoms with Gasteiger partial charge in [0.05, 0.1) is 29.9 Å². The Bertz CT molecular complexity index is 1310. The van der Waals surface area contributed by atoms with Gasteiger partial charge in [0.1, 0.15) is 22.1 Å². The van der Waals surface area contributed by atoms with Crippen molar-refractivity contribution in [3.05, 3.63) is 81.4 Å². The highest BCUT2D eigenvalue weighted by Gasteiger charge is 2.20. The Kier molecular flexibility index (Phi) is 7.04. The summed E-state index contributed by atoms with van der Waals surface area (Å²) in [5, 5.41) is 13.8. The van der Waals surface area contributed by atoms with Crippen LogP contribution in [-0.4, -0.2) is 33.5 Å².